The minimum atomic E-state index is -4.32. The lowest BCUT2D eigenvalue weighted by Gasteiger charge is -2.27. The van der Waals surface area contributed by atoms with Crippen molar-refractivity contribution in [1.29, 1.82) is 0 Å². The normalized spacial score (nSPS) is 11.2. The SMILES string of the molecule is COc1ccccc1NC(=O)N(Cc1ccc(OS(=O)(=O)c2ccccc2C(=O)OC(C)C)cc1)C(C)C. The molecule has 0 radical (unpaired) electrons. The number of methoxy groups -OCH3 is 1. The van der Waals surface area contributed by atoms with Gasteiger partial charge in [0.2, 0.25) is 0 Å². The van der Waals surface area contributed by atoms with Crippen molar-refractivity contribution in [3.8, 4) is 11.5 Å². The van der Waals surface area contributed by atoms with Crippen molar-refractivity contribution in [2.45, 2.75) is 51.3 Å². The van der Waals surface area contributed by atoms with E-state index in [9.17, 15) is 18.0 Å². The highest BCUT2D eigenvalue weighted by atomic mass is 32.2. The first-order chi connectivity index (χ1) is 18.0. The van der Waals surface area contributed by atoms with Crippen LogP contribution in [0.4, 0.5) is 10.5 Å². The summed E-state index contributed by atoms with van der Waals surface area (Å²) < 4.78 is 41.7. The van der Waals surface area contributed by atoms with E-state index in [1.54, 1.807) is 55.1 Å². The second-order valence-electron chi connectivity index (χ2n) is 8.98. The number of nitrogens with zero attached hydrogens (tertiary/aromatic N) is 1. The monoisotopic (exact) mass is 540 g/mol. The molecule has 0 aliphatic rings. The minimum absolute atomic E-state index is 0.0651. The number of para-hydroxylation sites is 2. The molecule has 1 N–H and O–H groups in total. The van der Waals surface area contributed by atoms with Crippen LogP contribution >= 0.6 is 0 Å². The standard InChI is InChI=1S/C28H32N2O7S/c1-19(2)30(28(32)29-24-11-7-8-12-25(24)35-5)18-21-14-16-22(17-15-21)37-38(33,34)26-13-9-6-10-23(26)27(31)36-20(3)4/h6-17,19-20H,18H2,1-5H3,(H,29,32). The Morgan fingerprint density at radius 1 is 0.895 bits per heavy atom. The molecule has 3 aromatic carbocycles. The third kappa shape index (κ3) is 7.25. The number of carbonyl (C=O) groups is 2. The second-order valence-corrected chi connectivity index (χ2v) is 10.5. The fourth-order valence-electron chi connectivity index (χ4n) is 3.57. The van der Waals surface area contributed by atoms with E-state index in [0.717, 1.165) is 5.56 Å². The number of urea groups is 1. The molecule has 0 spiro atoms. The van der Waals surface area contributed by atoms with Gasteiger partial charge in [-0.1, -0.05) is 36.4 Å². The van der Waals surface area contributed by atoms with E-state index < -0.39 is 22.2 Å². The summed E-state index contributed by atoms with van der Waals surface area (Å²) in [6, 6.07) is 18.8. The Balaban J connectivity index is 1.74. The molecule has 2 amide bonds. The average Bonchev–Trinajstić information content (AvgIpc) is 2.87. The van der Waals surface area contributed by atoms with E-state index in [1.807, 2.05) is 19.9 Å². The Labute approximate surface area is 223 Å². The number of ether oxygens (including phenoxy) is 2. The van der Waals surface area contributed by atoms with E-state index in [4.69, 9.17) is 13.7 Å². The van der Waals surface area contributed by atoms with Gasteiger partial charge in [-0.3, -0.25) is 0 Å². The molecule has 0 aliphatic carbocycles. The van der Waals surface area contributed by atoms with Crippen molar-refractivity contribution in [2.75, 3.05) is 12.4 Å². The quantitative estimate of drug-likeness (QED) is 0.268. The zero-order chi connectivity index (χ0) is 27.9. The number of benzene rings is 3. The van der Waals surface area contributed by atoms with Crippen LogP contribution in [0.5, 0.6) is 11.5 Å². The summed E-state index contributed by atoms with van der Waals surface area (Å²) in [5, 5.41) is 2.87. The van der Waals surface area contributed by atoms with Crippen LogP contribution in [0, 0.1) is 0 Å². The van der Waals surface area contributed by atoms with Crippen LogP contribution in [0.15, 0.2) is 77.7 Å². The summed E-state index contributed by atoms with van der Waals surface area (Å²) in [5.41, 5.74) is 1.21. The zero-order valence-corrected chi connectivity index (χ0v) is 22.8. The van der Waals surface area contributed by atoms with E-state index in [0.29, 0.717) is 11.4 Å². The van der Waals surface area contributed by atoms with E-state index in [1.165, 1.54) is 37.4 Å². The first-order valence-electron chi connectivity index (χ1n) is 12.1. The highest BCUT2D eigenvalue weighted by molar-refractivity contribution is 7.87. The second kappa shape index (κ2) is 12.5. The lowest BCUT2D eigenvalue weighted by atomic mass is 10.2. The van der Waals surface area contributed by atoms with Crippen LogP contribution in [0.1, 0.15) is 43.6 Å². The molecule has 0 fully saturated rings. The highest BCUT2D eigenvalue weighted by Crippen LogP contribution is 2.25. The maximum atomic E-state index is 13.0. The number of esters is 1. The van der Waals surface area contributed by atoms with Gasteiger partial charge in [-0.25, -0.2) is 9.59 Å². The van der Waals surface area contributed by atoms with Crippen LogP contribution in [-0.4, -0.2) is 44.6 Å². The van der Waals surface area contributed by atoms with E-state index in [-0.39, 0.29) is 34.8 Å². The number of carbonyl (C=O) groups excluding carboxylic acids is 2. The van der Waals surface area contributed by atoms with Gasteiger partial charge in [0.1, 0.15) is 16.4 Å². The molecule has 202 valence electrons. The van der Waals surface area contributed by atoms with Gasteiger partial charge in [0.25, 0.3) is 0 Å². The summed E-state index contributed by atoms with van der Waals surface area (Å²) in [6.45, 7) is 7.42. The lowest BCUT2D eigenvalue weighted by molar-refractivity contribution is 0.0373. The van der Waals surface area contributed by atoms with Gasteiger partial charge in [0, 0.05) is 12.6 Å². The summed E-state index contributed by atoms with van der Waals surface area (Å²) >= 11 is 0. The summed E-state index contributed by atoms with van der Waals surface area (Å²) in [7, 11) is -2.78. The molecule has 3 aromatic rings. The average molecular weight is 541 g/mol. The summed E-state index contributed by atoms with van der Waals surface area (Å²) in [5.74, 6) is -0.139. The van der Waals surface area contributed by atoms with E-state index in [2.05, 4.69) is 5.32 Å². The minimum Gasteiger partial charge on any atom is -0.495 e. The van der Waals surface area contributed by atoms with Crippen LogP contribution in [0.3, 0.4) is 0 Å². The smallest absolute Gasteiger partial charge is 0.340 e. The molecule has 9 nitrogen and oxygen atoms in total. The molecule has 3 rings (SSSR count). The predicted octanol–water partition coefficient (Wildman–Crippen LogP) is 5.47. The van der Waals surface area contributed by atoms with Gasteiger partial charge in [-0.05, 0) is 69.7 Å². The molecule has 10 heteroatoms. The number of amides is 2. The molecule has 0 aromatic heterocycles. The largest absolute Gasteiger partial charge is 0.495 e. The van der Waals surface area contributed by atoms with Crippen molar-refractivity contribution in [1.82, 2.24) is 4.90 Å². The Bertz CT molecular complexity index is 1370. The number of hydrogen-bond acceptors (Lipinski definition) is 7. The molecule has 0 saturated carbocycles. The Morgan fingerprint density at radius 3 is 2.16 bits per heavy atom. The molecular formula is C28H32N2O7S. The van der Waals surface area contributed by atoms with Gasteiger partial charge in [0.05, 0.1) is 24.5 Å². The topological polar surface area (TPSA) is 111 Å². The number of rotatable bonds is 10. The molecule has 0 heterocycles. The fraction of sp³-hybridized carbons (Fsp3) is 0.286. The van der Waals surface area contributed by atoms with Crippen molar-refractivity contribution in [3.63, 3.8) is 0 Å². The number of hydrogen-bond donors (Lipinski definition) is 1. The van der Waals surface area contributed by atoms with Crippen LogP contribution in [-0.2, 0) is 21.4 Å². The van der Waals surface area contributed by atoms with Crippen LogP contribution in [0.25, 0.3) is 0 Å². The number of anilines is 1. The molecule has 0 aliphatic heterocycles. The van der Waals surface area contributed by atoms with Gasteiger partial charge < -0.3 is 23.9 Å². The first-order valence-corrected chi connectivity index (χ1v) is 13.5. The molecule has 0 unspecified atom stereocenters. The molecule has 0 saturated heterocycles. The van der Waals surface area contributed by atoms with Crippen molar-refractivity contribution < 1.29 is 31.7 Å². The molecular weight excluding hydrogens is 508 g/mol. The van der Waals surface area contributed by atoms with Crippen molar-refractivity contribution >= 4 is 27.8 Å². The zero-order valence-electron chi connectivity index (χ0n) is 22.0. The highest BCUT2D eigenvalue weighted by Gasteiger charge is 2.26. The predicted molar refractivity (Wildman–Crippen MR) is 144 cm³/mol. The molecule has 38 heavy (non-hydrogen) atoms. The van der Waals surface area contributed by atoms with Gasteiger partial charge in [0.15, 0.2) is 0 Å². The fourth-order valence-corrected chi connectivity index (χ4v) is 4.69. The Kier molecular flexibility index (Phi) is 9.35. The maximum Gasteiger partial charge on any atom is 0.340 e. The van der Waals surface area contributed by atoms with Crippen LogP contribution in [0.2, 0.25) is 0 Å². The Morgan fingerprint density at radius 2 is 1.53 bits per heavy atom. The third-order valence-electron chi connectivity index (χ3n) is 5.43. The summed E-state index contributed by atoms with van der Waals surface area (Å²) in [4.78, 5) is 26.8. The third-order valence-corrected chi connectivity index (χ3v) is 6.74. The lowest BCUT2D eigenvalue weighted by Crippen LogP contribution is -2.39. The maximum absolute atomic E-state index is 13.0. The molecule has 0 atom stereocenters. The van der Waals surface area contributed by atoms with Crippen LogP contribution < -0.4 is 14.2 Å². The van der Waals surface area contributed by atoms with Crippen molar-refractivity contribution in [2.24, 2.45) is 0 Å². The summed E-state index contributed by atoms with van der Waals surface area (Å²) in [6.07, 6.45) is -0.408. The first kappa shape index (κ1) is 28.5. The van der Waals surface area contributed by atoms with Gasteiger partial charge in [-0.15, -0.1) is 0 Å². The number of nitrogens with one attached hydrogen (secondary N) is 1. The van der Waals surface area contributed by atoms with Crippen molar-refractivity contribution in [3.05, 3.63) is 83.9 Å². The molecule has 0 bridgehead atoms. The van der Waals surface area contributed by atoms with Gasteiger partial charge in [-0.2, -0.15) is 8.42 Å². The van der Waals surface area contributed by atoms with Gasteiger partial charge >= 0.3 is 22.1 Å². The Hall–Kier alpha value is -4.05. The van der Waals surface area contributed by atoms with E-state index >= 15 is 0 Å².